The van der Waals surface area contributed by atoms with Gasteiger partial charge in [-0.15, -0.1) is 0 Å². The van der Waals surface area contributed by atoms with Gasteiger partial charge in [0, 0.05) is 11.1 Å². The second-order valence-electron chi connectivity index (χ2n) is 1.91. The van der Waals surface area contributed by atoms with E-state index in [9.17, 15) is 0 Å². The average molecular weight is 242 g/mol. The zero-order valence-corrected chi connectivity index (χ0v) is 8.77. The van der Waals surface area contributed by atoms with Gasteiger partial charge in [-0.2, -0.15) is 0 Å². The molecule has 1 aromatic carbocycles. The van der Waals surface area contributed by atoms with Crippen LogP contribution in [0.2, 0.25) is 10.0 Å². The number of rotatable bonds is 1. The van der Waals surface area contributed by atoms with Crippen LogP contribution in [-0.2, 0) is 0 Å². The van der Waals surface area contributed by atoms with Crippen LogP contribution in [0.5, 0.6) is 5.75 Å². The molecule has 0 spiro atoms. The Morgan fingerprint density at radius 1 is 1.33 bits per heavy atom. The fourth-order valence-corrected chi connectivity index (χ4v) is 1.13. The predicted octanol–water partition coefficient (Wildman–Crippen LogP) is 3.90. The molecular formula is C7H3Cl3OS. The highest BCUT2D eigenvalue weighted by Gasteiger charge is 2.03. The lowest BCUT2D eigenvalue weighted by Crippen LogP contribution is -1.95. The molecule has 0 atom stereocenters. The van der Waals surface area contributed by atoms with Crippen LogP contribution >= 0.6 is 47.0 Å². The van der Waals surface area contributed by atoms with Gasteiger partial charge in [0.25, 0.3) is 4.51 Å². The van der Waals surface area contributed by atoms with Crippen molar-refractivity contribution < 1.29 is 4.74 Å². The Hall–Kier alpha value is -0.0200. The third-order valence-corrected chi connectivity index (χ3v) is 1.79. The molecule has 0 saturated heterocycles. The van der Waals surface area contributed by atoms with E-state index >= 15 is 0 Å². The van der Waals surface area contributed by atoms with E-state index in [0.717, 1.165) is 0 Å². The molecule has 0 aliphatic rings. The van der Waals surface area contributed by atoms with Gasteiger partial charge in [0.1, 0.15) is 5.75 Å². The fourth-order valence-electron chi connectivity index (χ4n) is 0.642. The number of benzene rings is 1. The lowest BCUT2D eigenvalue weighted by atomic mass is 10.3. The summed E-state index contributed by atoms with van der Waals surface area (Å²) in [6.07, 6.45) is 0. The van der Waals surface area contributed by atoms with E-state index in [0.29, 0.717) is 15.8 Å². The molecule has 1 nitrogen and oxygen atoms in total. The van der Waals surface area contributed by atoms with Crippen LogP contribution in [0.15, 0.2) is 18.2 Å². The smallest absolute Gasteiger partial charge is 0.260 e. The molecule has 0 unspecified atom stereocenters. The van der Waals surface area contributed by atoms with Crippen LogP contribution in [0.25, 0.3) is 0 Å². The monoisotopic (exact) mass is 240 g/mol. The first-order chi connectivity index (χ1) is 5.59. The van der Waals surface area contributed by atoms with Crippen molar-refractivity contribution in [3.05, 3.63) is 28.2 Å². The first kappa shape index (κ1) is 10.1. The van der Waals surface area contributed by atoms with Crippen molar-refractivity contribution in [3.63, 3.8) is 0 Å². The SMILES string of the molecule is S=C(Cl)Oc1cc(Cl)ccc1Cl. The normalized spacial score (nSPS) is 9.58. The van der Waals surface area contributed by atoms with E-state index in [1.165, 1.54) is 0 Å². The Bertz CT molecular complexity index is 314. The highest BCUT2D eigenvalue weighted by Crippen LogP contribution is 2.28. The number of halogens is 3. The minimum Gasteiger partial charge on any atom is -0.434 e. The lowest BCUT2D eigenvalue weighted by Gasteiger charge is -2.03. The van der Waals surface area contributed by atoms with Gasteiger partial charge in [0.2, 0.25) is 0 Å². The predicted molar refractivity (Wildman–Crippen MR) is 55.5 cm³/mol. The second kappa shape index (κ2) is 4.28. The maximum absolute atomic E-state index is 5.74. The van der Waals surface area contributed by atoms with E-state index in [1.54, 1.807) is 18.2 Å². The molecule has 0 aromatic heterocycles. The molecule has 0 N–H and O–H groups in total. The van der Waals surface area contributed by atoms with Crippen LogP contribution in [0, 0.1) is 0 Å². The molecule has 0 radical (unpaired) electrons. The quantitative estimate of drug-likeness (QED) is 0.545. The van der Waals surface area contributed by atoms with E-state index < -0.39 is 0 Å². The maximum atomic E-state index is 5.74. The van der Waals surface area contributed by atoms with E-state index in [4.69, 9.17) is 39.5 Å². The summed E-state index contributed by atoms with van der Waals surface area (Å²) in [7, 11) is 0. The standard InChI is InChI=1S/C7H3Cl3OS/c8-4-1-2-5(9)6(3-4)11-7(10)12/h1-3H. The summed E-state index contributed by atoms with van der Waals surface area (Å²) >= 11 is 21.3. The summed E-state index contributed by atoms with van der Waals surface area (Å²) in [4.78, 5) is 0. The minimum absolute atomic E-state index is 0.112. The van der Waals surface area contributed by atoms with Crippen molar-refractivity contribution >= 4 is 51.5 Å². The van der Waals surface area contributed by atoms with Crippen molar-refractivity contribution in [2.45, 2.75) is 0 Å². The third-order valence-electron chi connectivity index (χ3n) is 1.08. The summed E-state index contributed by atoms with van der Waals surface area (Å²) in [5.41, 5.74) is 0. The molecule has 12 heavy (non-hydrogen) atoms. The molecule has 0 bridgehead atoms. The van der Waals surface area contributed by atoms with Gasteiger partial charge in [-0.1, -0.05) is 23.2 Å². The van der Waals surface area contributed by atoms with E-state index in [-0.39, 0.29) is 4.51 Å². The Morgan fingerprint density at radius 3 is 2.58 bits per heavy atom. The zero-order valence-electron chi connectivity index (χ0n) is 5.68. The van der Waals surface area contributed by atoms with Gasteiger partial charge >= 0.3 is 0 Å². The Kier molecular flexibility index (Phi) is 3.59. The first-order valence-electron chi connectivity index (χ1n) is 2.92. The number of thiocarbonyl (C=S) groups is 1. The lowest BCUT2D eigenvalue weighted by molar-refractivity contribution is 0.578. The Balaban J connectivity index is 2.97. The largest absolute Gasteiger partial charge is 0.434 e. The molecule has 0 heterocycles. The molecular weight excluding hydrogens is 239 g/mol. The summed E-state index contributed by atoms with van der Waals surface area (Å²) in [5.74, 6) is 0.365. The molecule has 0 aliphatic carbocycles. The molecule has 0 saturated carbocycles. The third kappa shape index (κ3) is 2.79. The minimum atomic E-state index is -0.112. The molecule has 5 heteroatoms. The number of hydrogen-bond donors (Lipinski definition) is 0. The topological polar surface area (TPSA) is 9.23 Å². The fraction of sp³-hybridized carbons (Fsp3) is 0. The van der Waals surface area contributed by atoms with Crippen LogP contribution in [0.1, 0.15) is 0 Å². The number of hydrogen-bond acceptors (Lipinski definition) is 2. The summed E-state index contributed by atoms with van der Waals surface area (Å²) in [5, 5.41) is 0.935. The summed E-state index contributed by atoms with van der Waals surface area (Å²) in [6.45, 7) is 0. The van der Waals surface area contributed by atoms with E-state index in [1.807, 2.05) is 0 Å². The van der Waals surface area contributed by atoms with Gasteiger partial charge in [0.05, 0.1) is 5.02 Å². The van der Waals surface area contributed by atoms with Gasteiger partial charge in [-0.3, -0.25) is 0 Å². The average Bonchev–Trinajstić information content (AvgIpc) is 1.96. The van der Waals surface area contributed by atoms with Gasteiger partial charge < -0.3 is 4.74 Å². The van der Waals surface area contributed by atoms with Gasteiger partial charge in [-0.25, -0.2) is 0 Å². The molecule has 0 aliphatic heterocycles. The highest BCUT2D eigenvalue weighted by molar-refractivity contribution is 7.82. The van der Waals surface area contributed by atoms with Crippen LogP contribution < -0.4 is 4.74 Å². The Labute approximate surface area is 90.2 Å². The Morgan fingerprint density at radius 2 is 2.00 bits per heavy atom. The van der Waals surface area contributed by atoms with Crippen LogP contribution in [0.3, 0.4) is 0 Å². The van der Waals surface area contributed by atoms with Crippen molar-refractivity contribution in [2.24, 2.45) is 0 Å². The van der Waals surface area contributed by atoms with Crippen molar-refractivity contribution in [3.8, 4) is 5.75 Å². The maximum Gasteiger partial charge on any atom is 0.260 e. The van der Waals surface area contributed by atoms with Crippen molar-refractivity contribution in [1.82, 2.24) is 0 Å². The molecule has 1 aromatic rings. The van der Waals surface area contributed by atoms with Gasteiger partial charge in [0.15, 0.2) is 0 Å². The first-order valence-corrected chi connectivity index (χ1v) is 4.46. The van der Waals surface area contributed by atoms with Crippen LogP contribution in [0.4, 0.5) is 0 Å². The molecule has 0 fully saturated rings. The van der Waals surface area contributed by atoms with Crippen molar-refractivity contribution in [2.75, 3.05) is 0 Å². The highest BCUT2D eigenvalue weighted by atomic mass is 35.5. The summed E-state index contributed by atoms with van der Waals surface area (Å²) in [6, 6.07) is 4.79. The van der Waals surface area contributed by atoms with E-state index in [2.05, 4.69) is 12.2 Å². The molecule has 64 valence electrons. The molecule has 1 rings (SSSR count). The van der Waals surface area contributed by atoms with Crippen LogP contribution in [-0.4, -0.2) is 4.51 Å². The molecule has 0 amide bonds. The zero-order chi connectivity index (χ0) is 9.14. The van der Waals surface area contributed by atoms with Gasteiger partial charge in [-0.05, 0) is 36.0 Å². The second-order valence-corrected chi connectivity index (χ2v) is 3.70. The number of ether oxygens (including phenoxy) is 1. The van der Waals surface area contributed by atoms with Crippen molar-refractivity contribution in [1.29, 1.82) is 0 Å². The summed E-state index contributed by atoms with van der Waals surface area (Å²) < 4.78 is 4.79.